The predicted molar refractivity (Wildman–Crippen MR) is 94.1 cm³/mol. The second-order valence-corrected chi connectivity index (χ2v) is 7.98. The minimum Gasteiger partial charge on any atom is -0.301 e. The summed E-state index contributed by atoms with van der Waals surface area (Å²) in [6.07, 6.45) is 3.71. The van der Waals surface area contributed by atoms with Crippen molar-refractivity contribution in [3.63, 3.8) is 0 Å². The lowest BCUT2D eigenvalue weighted by Crippen LogP contribution is -2.39. The number of aromatic nitrogens is 1. The second-order valence-electron chi connectivity index (χ2n) is 7.98. The number of hydrogen-bond donors (Lipinski definition) is 1. The number of benzene rings is 1. The molecule has 2 aromatic rings. The normalized spacial score (nSPS) is 13.9. The van der Waals surface area contributed by atoms with Gasteiger partial charge in [0.05, 0.1) is 6.04 Å². The van der Waals surface area contributed by atoms with Crippen molar-refractivity contribution < 1.29 is 0 Å². The van der Waals surface area contributed by atoms with Gasteiger partial charge in [0.15, 0.2) is 0 Å². The highest BCUT2D eigenvalue weighted by atomic mass is 15.0. The van der Waals surface area contributed by atoms with Crippen molar-refractivity contribution in [3.05, 3.63) is 65.5 Å². The Morgan fingerprint density at radius 2 is 1.27 bits per heavy atom. The first-order valence-electron chi connectivity index (χ1n) is 7.95. The average Bonchev–Trinajstić information content (AvgIpc) is 2.44. The van der Waals surface area contributed by atoms with E-state index in [1.165, 1.54) is 16.7 Å². The molecule has 0 unspecified atom stereocenters. The van der Waals surface area contributed by atoms with Crippen molar-refractivity contribution in [1.82, 2.24) is 10.3 Å². The van der Waals surface area contributed by atoms with Gasteiger partial charge in [-0.3, -0.25) is 4.98 Å². The van der Waals surface area contributed by atoms with Gasteiger partial charge in [-0.25, -0.2) is 0 Å². The van der Waals surface area contributed by atoms with Crippen molar-refractivity contribution in [2.45, 2.75) is 58.5 Å². The van der Waals surface area contributed by atoms with Gasteiger partial charge in [-0.2, -0.15) is 0 Å². The first-order valence-corrected chi connectivity index (χ1v) is 7.95. The fourth-order valence-corrected chi connectivity index (χ4v) is 2.52. The first kappa shape index (κ1) is 16.7. The van der Waals surface area contributed by atoms with E-state index in [2.05, 4.69) is 88.2 Å². The molecular formula is C20H28N2. The van der Waals surface area contributed by atoms with Crippen LogP contribution in [0.25, 0.3) is 0 Å². The highest BCUT2D eigenvalue weighted by molar-refractivity contribution is 5.35. The average molecular weight is 296 g/mol. The number of rotatable bonds is 3. The van der Waals surface area contributed by atoms with Crippen LogP contribution in [-0.2, 0) is 5.41 Å². The number of hydrogen-bond acceptors (Lipinski definition) is 2. The zero-order chi connectivity index (χ0) is 16.4. The molecule has 1 atom stereocenters. The minimum absolute atomic E-state index is 0.0383. The Hall–Kier alpha value is -1.67. The maximum absolute atomic E-state index is 4.14. The molecule has 0 aliphatic carbocycles. The van der Waals surface area contributed by atoms with Crippen molar-refractivity contribution >= 4 is 0 Å². The maximum Gasteiger partial charge on any atom is 0.0581 e. The van der Waals surface area contributed by atoms with Crippen LogP contribution in [0, 0.1) is 0 Å². The van der Waals surface area contributed by atoms with Gasteiger partial charge < -0.3 is 5.32 Å². The molecular weight excluding hydrogens is 268 g/mol. The number of pyridine rings is 1. The van der Waals surface area contributed by atoms with E-state index in [1.54, 1.807) is 0 Å². The molecule has 1 aromatic heterocycles. The summed E-state index contributed by atoms with van der Waals surface area (Å²) >= 11 is 0. The summed E-state index contributed by atoms with van der Waals surface area (Å²) in [5, 5.41) is 3.72. The topological polar surface area (TPSA) is 24.9 Å². The molecule has 2 nitrogen and oxygen atoms in total. The lowest BCUT2D eigenvalue weighted by atomic mass is 9.85. The molecule has 118 valence electrons. The lowest BCUT2D eigenvalue weighted by molar-refractivity contribution is 0.391. The van der Waals surface area contributed by atoms with Gasteiger partial charge in [-0.15, -0.1) is 0 Å². The van der Waals surface area contributed by atoms with E-state index >= 15 is 0 Å². The summed E-state index contributed by atoms with van der Waals surface area (Å²) in [6, 6.07) is 13.3. The van der Waals surface area contributed by atoms with Gasteiger partial charge in [0.2, 0.25) is 0 Å². The fourth-order valence-electron chi connectivity index (χ4n) is 2.52. The molecule has 0 radical (unpaired) electrons. The van der Waals surface area contributed by atoms with Gasteiger partial charge in [-0.1, -0.05) is 45.0 Å². The molecule has 0 aliphatic rings. The third kappa shape index (κ3) is 4.41. The van der Waals surface area contributed by atoms with E-state index < -0.39 is 0 Å². The van der Waals surface area contributed by atoms with Crippen LogP contribution in [0.4, 0.5) is 0 Å². The van der Waals surface area contributed by atoms with Crippen LogP contribution in [0.3, 0.4) is 0 Å². The largest absolute Gasteiger partial charge is 0.301 e. The van der Waals surface area contributed by atoms with Crippen LogP contribution in [0.1, 0.15) is 64.3 Å². The van der Waals surface area contributed by atoms with Gasteiger partial charge in [0, 0.05) is 17.9 Å². The predicted octanol–water partition coefficient (Wildman–Crippen LogP) is 4.86. The molecule has 0 amide bonds. The Kier molecular flexibility index (Phi) is 4.72. The molecule has 1 N–H and O–H groups in total. The second kappa shape index (κ2) is 6.21. The Morgan fingerprint density at radius 1 is 0.773 bits per heavy atom. The Balaban J connectivity index is 2.37. The van der Waals surface area contributed by atoms with Gasteiger partial charge in [0.25, 0.3) is 0 Å². The first-order chi connectivity index (χ1) is 10.2. The van der Waals surface area contributed by atoms with Crippen LogP contribution >= 0.6 is 0 Å². The van der Waals surface area contributed by atoms with Crippen molar-refractivity contribution in [2.75, 3.05) is 0 Å². The summed E-state index contributed by atoms with van der Waals surface area (Å²) in [5.74, 6) is 0. The van der Waals surface area contributed by atoms with Crippen LogP contribution < -0.4 is 5.32 Å². The number of nitrogens with zero attached hydrogens (tertiary/aromatic N) is 1. The fraction of sp³-hybridized carbons (Fsp3) is 0.450. The SMILES string of the molecule is CC(C)(C)N[C@@H](c1ccncc1)c1ccc(C(C)(C)C)cc1. The summed E-state index contributed by atoms with van der Waals surface area (Å²) in [6.45, 7) is 13.3. The zero-order valence-electron chi connectivity index (χ0n) is 14.6. The molecule has 1 aromatic carbocycles. The van der Waals surface area contributed by atoms with Crippen molar-refractivity contribution in [2.24, 2.45) is 0 Å². The Morgan fingerprint density at radius 3 is 1.73 bits per heavy atom. The van der Waals surface area contributed by atoms with E-state index in [4.69, 9.17) is 0 Å². The third-order valence-electron chi connectivity index (χ3n) is 3.73. The summed E-state index contributed by atoms with van der Waals surface area (Å²) in [4.78, 5) is 4.14. The van der Waals surface area contributed by atoms with Crippen molar-refractivity contribution in [3.8, 4) is 0 Å². The van der Waals surface area contributed by atoms with E-state index in [9.17, 15) is 0 Å². The van der Waals surface area contributed by atoms with E-state index in [0.717, 1.165) is 0 Å². The van der Waals surface area contributed by atoms with Gasteiger partial charge >= 0.3 is 0 Å². The molecule has 0 fully saturated rings. The van der Waals surface area contributed by atoms with Crippen LogP contribution in [0.5, 0.6) is 0 Å². The molecule has 0 saturated carbocycles. The Labute approximate surface area is 135 Å². The molecule has 0 bridgehead atoms. The minimum atomic E-state index is 0.0383. The summed E-state index contributed by atoms with van der Waals surface area (Å²) in [5.41, 5.74) is 4.11. The molecule has 0 saturated heterocycles. The molecule has 2 heteroatoms. The number of nitrogens with one attached hydrogen (secondary N) is 1. The van der Waals surface area contributed by atoms with E-state index in [-0.39, 0.29) is 17.0 Å². The van der Waals surface area contributed by atoms with Crippen LogP contribution in [0.2, 0.25) is 0 Å². The summed E-state index contributed by atoms with van der Waals surface area (Å²) < 4.78 is 0. The molecule has 1 heterocycles. The standard InChI is InChI=1S/C20H28N2/c1-19(2,3)17-9-7-15(8-10-17)18(22-20(4,5)6)16-11-13-21-14-12-16/h7-14,18,22H,1-6H3/t18-/m1/s1. The highest BCUT2D eigenvalue weighted by Gasteiger charge is 2.21. The summed E-state index contributed by atoms with van der Waals surface area (Å²) in [7, 11) is 0. The third-order valence-corrected chi connectivity index (χ3v) is 3.73. The molecule has 0 aliphatic heterocycles. The van der Waals surface area contributed by atoms with Crippen LogP contribution in [0.15, 0.2) is 48.8 Å². The Bertz CT molecular complexity index is 586. The molecule has 22 heavy (non-hydrogen) atoms. The quantitative estimate of drug-likeness (QED) is 0.875. The molecule has 2 rings (SSSR count). The maximum atomic E-state index is 4.14. The van der Waals surface area contributed by atoms with Crippen LogP contribution in [-0.4, -0.2) is 10.5 Å². The highest BCUT2D eigenvalue weighted by Crippen LogP contribution is 2.28. The van der Waals surface area contributed by atoms with Crippen molar-refractivity contribution in [1.29, 1.82) is 0 Å². The smallest absolute Gasteiger partial charge is 0.0581 e. The van der Waals surface area contributed by atoms with Gasteiger partial charge in [-0.05, 0) is 55.0 Å². The van der Waals surface area contributed by atoms with Gasteiger partial charge in [0.1, 0.15) is 0 Å². The molecule has 0 spiro atoms. The zero-order valence-corrected chi connectivity index (χ0v) is 14.6. The van der Waals surface area contributed by atoms with E-state index in [0.29, 0.717) is 0 Å². The lowest BCUT2D eigenvalue weighted by Gasteiger charge is -2.30. The van der Waals surface area contributed by atoms with E-state index in [1.807, 2.05) is 12.4 Å². The monoisotopic (exact) mass is 296 g/mol.